The molecule has 0 aliphatic heterocycles. The first-order valence-corrected chi connectivity index (χ1v) is 9.60. The molecule has 2 nitrogen and oxygen atoms in total. The predicted octanol–water partition coefficient (Wildman–Crippen LogP) is 6.07. The summed E-state index contributed by atoms with van der Waals surface area (Å²) in [5.74, 6) is -1.17. The number of aryl methyl sites for hydroxylation is 2. The summed E-state index contributed by atoms with van der Waals surface area (Å²) in [6.45, 7) is 10.5. The Hall–Kier alpha value is -1.87. The molecule has 1 aliphatic rings. The quantitative estimate of drug-likeness (QED) is 0.724. The first-order valence-electron chi connectivity index (χ1n) is 8.79. The minimum atomic E-state index is -0.715. The number of thiophene rings is 1. The molecule has 0 bridgehead atoms. The van der Waals surface area contributed by atoms with Crippen molar-refractivity contribution in [3.8, 4) is 0 Å². The molecule has 132 valence electrons. The molecule has 0 amide bonds. The molecule has 25 heavy (non-hydrogen) atoms. The highest BCUT2D eigenvalue weighted by Crippen LogP contribution is 2.44. The summed E-state index contributed by atoms with van der Waals surface area (Å²) < 4.78 is 0. The molecule has 0 fully saturated rings. The minimum absolute atomic E-state index is 0.0321. The van der Waals surface area contributed by atoms with Gasteiger partial charge in [0.25, 0.3) is 0 Å². The van der Waals surface area contributed by atoms with Gasteiger partial charge in [-0.25, -0.2) is 0 Å². The topological polar surface area (TPSA) is 37.3 Å². The summed E-state index contributed by atoms with van der Waals surface area (Å²) in [6.07, 6.45) is 3.78. The molecule has 2 aromatic rings. The second-order valence-electron chi connectivity index (χ2n) is 8.20. The van der Waals surface area contributed by atoms with Gasteiger partial charge < -0.3 is 5.11 Å². The maximum Gasteiger partial charge on any atom is 0.311 e. The van der Waals surface area contributed by atoms with Gasteiger partial charge in [0.2, 0.25) is 0 Å². The van der Waals surface area contributed by atoms with E-state index in [4.69, 9.17) is 0 Å². The highest BCUT2D eigenvalue weighted by Gasteiger charge is 2.32. The number of hydrogen-bond donors (Lipinski definition) is 1. The number of allylic oxidation sites excluding steroid dienone is 1. The summed E-state index contributed by atoms with van der Waals surface area (Å²) in [5, 5.41) is 9.95. The second kappa shape index (κ2) is 6.45. The van der Waals surface area contributed by atoms with Crippen LogP contribution in [0.25, 0.3) is 11.6 Å². The first-order chi connectivity index (χ1) is 11.7. The predicted molar refractivity (Wildman–Crippen MR) is 106 cm³/mol. The Bertz CT molecular complexity index is 849. The van der Waals surface area contributed by atoms with Gasteiger partial charge in [-0.1, -0.05) is 51.1 Å². The van der Waals surface area contributed by atoms with Gasteiger partial charge in [0.1, 0.15) is 0 Å². The number of rotatable bonds is 4. The number of benzene rings is 1. The van der Waals surface area contributed by atoms with E-state index in [1.165, 1.54) is 27.1 Å². The van der Waals surface area contributed by atoms with E-state index in [1.807, 2.05) is 0 Å². The van der Waals surface area contributed by atoms with Crippen molar-refractivity contribution < 1.29 is 9.90 Å². The van der Waals surface area contributed by atoms with Gasteiger partial charge in [-0.2, -0.15) is 0 Å². The minimum Gasteiger partial charge on any atom is -0.481 e. The third-order valence-electron chi connectivity index (χ3n) is 4.86. The fourth-order valence-corrected chi connectivity index (χ4v) is 5.04. The van der Waals surface area contributed by atoms with Crippen molar-refractivity contribution >= 4 is 29.0 Å². The standard InChI is InChI=1S/C22H26O2S/c1-13-19(17-10-15-8-6-7-9-16(15)11-17)20(14(2)25-13)18(21(23)24)12-22(3,4)5/h6-10,18H,11-12H2,1-5H3,(H,23,24). The van der Waals surface area contributed by atoms with Crippen LogP contribution >= 0.6 is 11.3 Å². The number of aliphatic carboxylic acids is 1. The third kappa shape index (κ3) is 3.57. The van der Waals surface area contributed by atoms with Crippen molar-refractivity contribution in [2.24, 2.45) is 5.41 Å². The van der Waals surface area contributed by atoms with Crippen LogP contribution in [0.2, 0.25) is 0 Å². The Morgan fingerprint density at radius 1 is 1.20 bits per heavy atom. The van der Waals surface area contributed by atoms with Crippen molar-refractivity contribution in [3.63, 3.8) is 0 Å². The SMILES string of the molecule is Cc1sc(C)c(C(CC(C)(C)C)C(=O)O)c1C1=Cc2ccccc2C1. The van der Waals surface area contributed by atoms with Gasteiger partial charge in [-0.15, -0.1) is 11.3 Å². The first kappa shape index (κ1) is 17.9. The number of carbonyl (C=O) groups is 1. The fourth-order valence-electron chi connectivity index (χ4n) is 3.89. The molecule has 0 saturated carbocycles. The van der Waals surface area contributed by atoms with Crippen LogP contribution < -0.4 is 0 Å². The van der Waals surface area contributed by atoms with E-state index < -0.39 is 11.9 Å². The van der Waals surface area contributed by atoms with Crippen LogP contribution in [0.1, 0.15) is 65.1 Å². The van der Waals surface area contributed by atoms with Crippen LogP contribution in [0.5, 0.6) is 0 Å². The molecule has 1 N–H and O–H groups in total. The van der Waals surface area contributed by atoms with E-state index in [0.717, 1.165) is 16.9 Å². The molecule has 1 aromatic carbocycles. The highest BCUT2D eigenvalue weighted by molar-refractivity contribution is 7.12. The molecule has 0 radical (unpaired) electrons. The van der Waals surface area contributed by atoms with E-state index >= 15 is 0 Å². The molecule has 0 saturated heterocycles. The molecule has 3 heteroatoms. The lowest BCUT2D eigenvalue weighted by atomic mass is 9.79. The second-order valence-corrected chi connectivity index (χ2v) is 9.63. The molecule has 1 aromatic heterocycles. The summed E-state index contributed by atoms with van der Waals surface area (Å²) in [6, 6.07) is 8.43. The van der Waals surface area contributed by atoms with Crippen molar-refractivity contribution in [1.29, 1.82) is 0 Å². The molecule has 1 atom stereocenters. The summed E-state index contributed by atoms with van der Waals surface area (Å²) >= 11 is 1.73. The van der Waals surface area contributed by atoms with Crippen LogP contribution in [0, 0.1) is 19.3 Å². The number of carboxylic acids is 1. The molecular weight excluding hydrogens is 328 g/mol. The lowest BCUT2D eigenvalue weighted by Gasteiger charge is -2.25. The van der Waals surface area contributed by atoms with Gasteiger partial charge in [-0.05, 0) is 59.9 Å². The smallest absolute Gasteiger partial charge is 0.311 e. The van der Waals surface area contributed by atoms with Crippen LogP contribution in [0.4, 0.5) is 0 Å². The third-order valence-corrected chi connectivity index (χ3v) is 5.89. The van der Waals surface area contributed by atoms with Gasteiger partial charge in [-0.3, -0.25) is 4.79 Å². The maximum absolute atomic E-state index is 12.1. The Balaban J connectivity index is 2.09. The Morgan fingerprint density at radius 2 is 1.88 bits per heavy atom. The zero-order valence-electron chi connectivity index (χ0n) is 15.6. The zero-order valence-corrected chi connectivity index (χ0v) is 16.5. The van der Waals surface area contributed by atoms with E-state index in [2.05, 4.69) is 65.0 Å². The van der Waals surface area contributed by atoms with Crippen LogP contribution in [-0.2, 0) is 11.2 Å². The largest absolute Gasteiger partial charge is 0.481 e. The average molecular weight is 355 g/mol. The summed E-state index contributed by atoms with van der Waals surface area (Å²) in [7, 11) is 0. The number of carboxylic acid groups (broad SMARTS) is 1. The van der Waals surface area contributed by atoms with Crippen molar-refractivity contribution in [2.45, 2.75) is 53.4 Å². The van der Waals surface area contributed by atoms with Crippen LogP contribution in [-0.4, -0.2) is 11.1 Å². The number of hydrogen-bond acceptors (Lipinski definition) is 2. The van der Waals surface area contributed by atoms with Crippen LogP contribution in [0.3, 0.4) is 0 Å². The van der Waals surface area contributed by atoms with Crippen molar-refractivity contribution in [2.75, 3.05) is 0 Å². The van der Waals surface area contributed by atoms with Crippen molar-refractivity contribution in [3.05, 3.63) is 56.3 Å². The Morgan fingerprint density at radius 3 is 2.48 bits per heavy atom. The Labute approximate surface area is 154 Å². The summed E-state index contributed by atoms with van der Waals surface area (Å²) in [4.78, 5) is 14.5. The van der Waals surface area contributed by atoms with Gasteiger partial charge >= 0.3 is 5.97 Å². The van der Waals surface area contributed by atoms with E-state index in [-0.39, 0.29) is 5.41 Å². The lowest BCUT2D eigenvalue weighted by Crippen LogP contribution is -2.20. The van der Waals surface area contributed by atoms with Crippen LogP contribution in [0.15, 0.2) is 24.3 Å². The zero-order chi connectivity index (χ0) is 18.4. The lowest BCUT2D eigenvalue weighted by molar-refractivity contribution is -0.139. The molecular formula is C22H26O2S. The van der Waals surface area contributed by atoms with Gasteiger partial charge in [0.15, 0.2) is 0 Å². The van der Waals surface area contributed by atoms with E-state index in [1.54, 1.807) is 11.3 Å². The Kier molecular flexibility index (Phi) is 4.63. The fraction of sp³-hybridized carbons (Fsp3) is 0.409. The molecule has 1 unspecified atom stereocenters. The molecule has 1 heterocycles. The monoisotopic (exact) mass is 354 g/mol. The highest BCUT2D eigenvalue weighted by atomic mass is 32.1. The number of fused-ring (bicyclic) bond motifs is 1. The molecule has 0 spiro atoms. The average Bonchev–Trinajstić information content (AvgIpc) is 3.03. The van der Waals surface area contributed by atoms with Gasteiger partial charge in [0.05, 0.1) is 5.92 Å². The van der Waals surface area contributed by atoms with Gasteiger partial charge in [0, 0.05) is 9.75 Å². The normalized spacial score (nSPS) is 15.0. The van der Waals surface area contributed by atoms with Crippen molar-refractivity contribution in [1.82, 2.24) is 0 Å². The molecule has 1 aliphatic carbocycles. The van der Waals surface area contributed by atoms with E-state index in [9.17, 15) is 9.90 Å². The van der Waals surface area contributed by atoms with E-state index in [0.29, 0.717) is 6.42 Å². The molecule has 3 rings (SSSR count). The maximum atomic E-state index is 12.1. The summed E-state index contributed by atoms with van der Waals surface area (Å²) in [5.41, 5.74) is 6.02.